The lowest BCUT2D eigenvalue weighted by molar-refractivity contribution is 0.102. The minimum Gasteiger partial charge on any atom is -0.497 e. The fourth-order valence-corrected chi connectivity index (χ4v) is 3.42. The smallest absolute Gasteiger partial charge is 0.255 e. The first-order chi connectivity index (χ1) is 13.7. The van der Waals surface area contributed by atoms with Crippen molar-refractivity contribution in [3.8, 4) is 11.5 Å². The molecule has 3 aromatic rings. The zero-order chi connectivity index (χ0) is 19.5. The number of carbonyl (C=O) groups excluding carboxylic acids is 1. The molecule has 28 heavy (non-hydrogen) atoms. The van der Waals surface area contributed by atoms with Crippen molar-refractivity contribution in [2.24, 2.45) is 0 Å². The van der Waals surface area contributed by atoms with Crippen LogP contribution in [-0.4, -0.2) is 46.3 Å². The summed E-state index contributed by atoms with van der Waals surface area (Å²) in [7, 11) is 3.12. The van der Waals surface area contributed by atoms with Crippen LogP contribution in [0.4, 0.5) is 11.4 Å². The van der Waals surface area contributed by atoms with E-state index in [0.29, 0.717) is 22.7 Å². The van der Waals surface area contributed by atoms with Crippen LogP contribution < -0.4 is 25.0 Å². The van der Waals surface area contributed by atoms with Gasteiger partial charge in [-0.25, -0.2) is 0 Å². The summed E-state index contributed by atoms with van der Waals surface area (Å²) >= 11 is 0. The number of hydrogen-bond donors (Lipinski definition) is 2. The Bertz CT molecular complexity index is 970. The van der Waals surface area contributed by atoms with Gasteiger partial charge in [0, 0.05) is 48.9 Å². The van der Waals surface area contributed by atoms with E-state index in [0.717, 1.165) is 42.8 Å². The largest absolute Gasteiger partial charge is 0.497 e. The normalized spacial score (nSPS) is 14.1. The Morgan fingerprint density at radius 1 is 1.07 bits per heavy atom. The van der Waals surface area contributed by atoms with E-state index in [1.807, 2.05) is 18.2 Å². The van der Waals surface area contributed by atoms with Crippen molar-refractivity contribution >= 4 is 28.3 Å². The molecule has 7 nitrogen and oxygen atoms in total. The highest BCUT2D eigenvalue weighted by Crippen LogP contribution is 2.32. The molecule has 0 spiro atoms. The number of amides is 1. The third-order valence-electron chi connectivity index (χ3n) is 4.86. The predicted molar refractivity (Wildman–Crippen MR) is 109 cm³/mol. The number of furan rings is 1. The standard InChI is InChI=1S/C21H23N3O4/c1-26-17-10-15(11-18(13-17)27-2)21(25)23-16-9-14-3-8-28-20(14)19(12-16)24-6-4-22-5-7-24/h3,8-13,22H,4-7H2,1-2H3,(H,23,25). The number of carbonyl (C=O) groups is 1. The van der Waals surface area contributed by atoms with Crippen molar-refractivity contribution in [2.45, 2.75) is 0 Å². The molecule has 1 amide bonds. The molecule has 1 aliphatic rings. The van der Waals surface area contributed by atoms with Crippen molar-refractivity contribution in [3.05, 3.63) is 48.2 Å². The van der Waals surface area contributed by atoms with Crippen molar-refractivity contribution in [3.63, 3.8) is 0 Å². The van der Waals surface area contributed by atoms with Crippen LogP contribution in [0.15, 0.2) is 47.1 Å². The average Bonchev–Trinajstić information content (AvgIpc) is 3.22. The van der Waals surface area contributed by atoms with Gasteiger partial charge in [0.05, 0.1) is 26.2 Å². The topological polar surface area (TPSA) is 76.0 Å². The summed E-state index contributed by atoms with van der Waals surface area (Å²) in [6, 6.07) is 10.9. The fraction of sp³-hybridized carbons (Fsp3) is 0.286. The van der Waals surface area contributed by atoms with Gasteiger partial charge in [0.15, 0.2) is 5.58 Å². The number of benzene rings is 2. The first kappa shape index (κ1) is 18.2. The molecular formula is C21H23N3O4. The van der Waals surface area contributed by atoms with Crippen LogP contribution in [0.3, 0.4) is 0 Å². The predicted octanol–water partition coefficient (Wildman–Crippen LogP) is 3.11. The van der Waals surface area contributed by atoms with Crippen molar-refractivity contribution < 1.29 is 18.7 Å². The number of nitrogens with zero attached hydrogens (tertiary/aromatic N) is 1. The zero-order valence-electron chi connectivity index (χ0n) is 16.0. The summed E-state index contributed by atoms with van der Waals surface area (Å²) in [5, 5.41) is 7.29. The molecule has 1 aliphatic heterocycles. The number of ether oxygens (including phenoxy) is 2. The first-order valence-corrected chi connectivity index (χ1v) is 9.19. The van der Waals surface area contributed by atoms with Crippen LogP contribution in [0.1, 0.15) is 10.4 Å². The molecule has 4 rings (SSSR count). The Morgan fingerprint density at radius 2 is 1.79 bits per heavy atom. The van der Waals surface area contributed by atoms with Crippen LogP contribution in [0, 0.1) is 0 Å². The fourth-order valence-electron chi connectivity index (χ4n) is 3.42. The van der Waals surface area contributed by atoms with Crippen LogP contribution in [0.5, 0.6) is 11.5 Å². The summed E-state index contributed by atoms with van der Waals surface area (Å²) in [6.07, 6.45) is 1.68. The minimum atomic E-state index is -0.230. The van der Waals surface area contributed by atoms with Crippen molar-refractivity contribution in [1.29, 1.82) is 0 Å². The van der Waals surface area contributed by atoms with Gasteiger partial charge in [-0.15, -0.1) is 0 Å². The maximum absolute atomic E-state index is 12.8. The first-order valence-electron chi connectivity index (χ1n) is 9.19. The molecule has 0 atom stereocenters. The highest BCUT2D eigenvalue weighted by atomic mass is 16.5. The third kappa shape index (κ3) is 3.61. The molecule has 0 saturated carbocycles. The van der Waals surface area contributed by atoms with E-state index in [1.54, 1.807) is 38.7 Å². The zero-order valence-corrected chi connectivity index (χ0v) is 16.0. The average molecular weight is 381 g/mol. The maximum atomic E-state index is 12.8. The lowest BCUT2D eigenvalue weighted by Gasteiger charge is -2.29. The van der Waals surface area contributed by atoms with E-state index in [2.05, 4.69) is 15.5 Å². The molecule has 0 aliphatic carbocycles. The van der Waals surface area contributed by atoms with E-state index in [9.17, 15) is 4.79 Å². The Hall–Kier alpha value is -3.19. The second kappa shape index (κ2) is 7.82. The molecule has 0 unspecified atom stereocenters. The molecule has 2 aromatic carbocycles. The minimum absolute atomic E-state index is 0.230. The van der Waals surface area contributed by atoms with Gasteiger partial charge in [-0.05, 0) is 30.3 Å². The van der Waals surface area contributed by atoms with E-state index < -0.39 is 0 Å². The monoisotopic (exact) mass is 381 g/mol. The summed E-state index contributed by atoms with van der Waals surface area (Å²) < 4.78 is 16.2. The molecule has 0 bridgehead atoms. The highest BCUT2D eigenvalue weighted by molar-refractivity contribution is 6.06. The van der Waals surface area contributed by atoms with E-state index in [4.69, 9.17) is 13.9 Å². The molecule has 2 heterocycles. The number of rotatable bonds is 5. The van der Waals surface area contributed by atoms with Gasteiger partial charge in [-0.2, -0.15) is 0 Å². The SMILES string of the molecule is COc1cc(OC)cc(C(=O)Nc2cc(N3CCNCC3)c3occc3c2)c1. The molecule has 2 N–H and O–H groups in total. The van der Waals surface area contributed by atoms with Gasteiger partial charge in [-0.1, -0.05) is 0 Å². The van der Waals surface area contributed by atoms with Crippen LogP contribution in [0.2, 0.25) is 0 Å². The second-order valence-corrected chi connectivity index (χ2v) is 6.63. The summed E-state index contributed by atoms with van der Waals surface area (Å²) in [6.45, 7) is 3.62. The lowest BCUT2D eigenvalue weighted by Crippen LogP contribution is -2.43. The molecule has 146 valence electrons. The molecule has 1 fully saturated rings. The summed E-state index contributed by atoms with van der Waals surface area (Å²) in [5.41, 5.74) is 3.01. The van der Waals surface area contributed by atoms with E-state index >= 15 is 0 Å². The Morgan fingerprint density at radius 3 is 2.46 bits per heavy atom. The highest BCUT2D eigenvalue weighted by Gasteiger charge is 2.18. The van der Waals surface area contributed by atoms with Gasteiger partial charge >= 0.3 is 0 Å². The Balaban J connectivity index is 1.65. The number of methoxy groups -OCH3 is 2. The van der Waals surface area contributed by atoms with Gasteiger partial charge in [0.25, 0.3) is 5.91 Å². The van der Waals surface area contributed by atoms with Crippen LogP contribution in [-0.2, 0) is 0 Å². The van der Waals surface area contributed by atoms with Crippen LogP contribution in [0.25, 0.3) is 11.0 Å². The third-order valence-corrected chi connectivity index (χ3v) is 4.86. The Labute approximate surface area is 163 Å². The van der Waals surface area contributed by atoms with Gasteiger partial charge < -0.3 is 29.4 Å². The lowest BCUT2D eigenvalue weighted by atomic mass is 10.1. The number of piperazine rings is 1. The van der Waals surface area contributed by atoms with Crippen molar-refractivity contribution in [2.75, 3.05) is 50.6 Å². The number of hydrogen-bond acceptors (Lipinski definition) is 6. The van der Waals surface area contributed by atoms with Crippen LogP contribution >= 0.6 is 0 Å². The molecule has 1 saturated heterocycles. The van der Waals surface area contributed by atoms with E-state index in [1.165, 1.54) is 0 Å². The van der Waals surface area contributed by atoms with E-state index in [-0.39, 0.29) is 5.91 Å². The quantitative estimate of drug-likeness (QED) is 0.707. The summed E-state index contributed by atoms with van der Waals surface area (Å²) in [4.78, 5) is 15.1. The van der Waals surface area contributed by atoms with Gasteiger partial charge in [0.2, 0.25) is 0 Å². The van der Waals surface area contributed by atoms with Crippen molar-refractivity contribution in [1.82, 2.24) is 5.32 Å². The van der Waals surface area contributed by atoms with Gasteiger partial charge in [-0.3, -0.25) is 4.79 Å². The number of nitrogens with one attached hydrogen (secondary N) is 2. The molecule has 0 radical (unpaired) electrons. The number of fused-ring (bicyclic) bond motifs is 1. The summed E-state index contributed by atoms with van der Waals surface area (Å²) in [5.74, 6) is 0.902. The maximum Gasteiger partial charge on any atom is 0.255 e. The molecule has 1 aromatic heterocycles. The Kier molecular flexibility index (Phi) is 5.08. The van der Waals surface area contributed by atoms with Gasteiger partial charge in [0.1, 0.15) is 11.5 Å². The molecule has 7 heteroatoms. The second-order valence-electron chi connectivity index (χ2n) is 6.63. The molecular weight excluding hydrogens is 358 g/mol. The number of anilines is 2.